The minimum atomic E-state index is -1.32. The molecule has 1 amide bonds. The maximum absolute atomic E-state index is 14.1. The van der Waals surface area contributed by atoms with Gasteiger partial charge in [-0.3, -0.25) is 4.79 Å². The van der Waals surface area contributed by atoms with E-state index in [1.807, 2.05) is 78.9 Å². The zero-order chi connectivity index (χ0) is 39.5. The summed E-state index contributed by atoms with van der Waals surface area (Å²) in [5, 5.41) is 0.504. The van der Waals surface area contributed by atoms with Gasteiger partial charge in [0.1, 0.15) is 6.61 Å². The zero-order valence-corrected chi connectivity index (χ0v) is 34.1. The molecule has 0 radical (unpaired) electrons. The molecule has 0 saturated heterocycles. The molecule has 0 N–H and O–H groups in total. The smallest absolute Gasteiger partial charge is 0.409 e. The van der Waals surface area contributed by atoms with Gasteiger partial charge in [0.25, 0.3) is 0 Å². The van der Waals surface area contributed by atoms with Gasteiger partial charge in [0, 0.05) is 41.2 Å². The Hall–Kier alpha value is -4.87. The first-order chi connectivity index (χ1) is 28.0. The molecule has 1 fully saturated rings. The van der Waals surface area contributed by atoms with E-state index in [-0.39, 0.29) is 25.5 Å². The first kappa shape index (κ1) is 40.3. The van der Waals surface area contributed by atoms with Gasteiger partial charge in [-0.05, 0) is 52.6 Å². The molecule has 0 aromatic heterocycles. The Labute approximate surface area is 344 Å². The Balaban J connectivity index is 1.09. The SMILES string of the molecule is CN(CCC(=O)OC(c1ccccc1)(c1ccc(C2CCCCCCCCCCCC2)cc1)c1ccccc1Cl)C(=O)OCC1c2ccccc2-c2ccccc21. The van der Waals surface area contributed by atoms with Crippen LogP contribution in [0.3, 0.4) is 0 Å². The second-order valence-corrected chi connectivity index (χ2v) is 16.3. The molecular weight excluding hydrogens is 726 g/mol. The van der Waals surface area contributed by atoms with E-state index in [9.17, 15) is 9.59 Å². The summed E-state index contributed by atoms with van der Waals surface area (Å²) in [6.45, 7) is 0.339. The van der Waals surface area contributed by atoms with E-state index in [2.05, 4.69) is 48.5 Å². The summed E-state index contributed by atoms with van der Waals surface area (Å²) >= 11 is 7.00. The summed E-state index contributed by atoms with van der Waals surface area (Å²) in [6.07, 6.45) is 15.1. The normalized spacial score (nSPS) is 16.5. The molecule has 5 nitrogen and oxygen atoms in total. The minimum absolute atomic E-state index is 0.0279. The van der Waals surface area contributed by atoms with Crippen molar-refractivity contribution in [1.29, 1.82) is 0 Å². The first-order valence-electron chi connectivity index (χ1n) is 21.1. The highest BCUT2D eigenvalue weighted by Crippen LogP contribution is 2.46. The average molecular weight is 782 g/mol. The quantitative estimate of drug-likeness (QED) is 0.105. The number of benzene rings is 5. The predicted octanol–water partition coefficient (Wildman–Crippen LogP) is 13.2. The molecule has 0 heterocycles. The van der Waals surface area contributed by atoms with E-state index in [0.717, 1.165) is 22.3 Å². The highest BCUT2D eigenvalue weighted by molar-refractivity contribution is 6.31. The summed E-state index contributed by atoms with van der Waals surface area (Å²) < 4.78 is 12.6. The Bertz CT molecular complexity index is 2020. The van der Waals surface area contributed by atoms with Crippen molar-refractivity contribution in [2.24, 2.45) is 0 Å². The molecule has 1 saturated carbocycles. The topological polar surface area (TPSA) is 55.8 Å². The lowest BCUT2D eigenvalue weighted by Gasteiger charge is -2.36. The first-order valence-corrected chi connectivity index (χ1v) is 21.5. The number of ether oxygens (including phenoxy) is 2. The molecule has 1 unspecified atom stereocenters. The van der Waals surface area contributed by atoms with E-state index in [1.54, 1.807) is 7.05 Å². The minimum Gasteiger partial charge on any atom is -0.448 e. The molecule has 7 rings (SSSR count). The van der Waals surface area contributed by atoms with Gasteiger partial charge >= 0.3 is 12.1 Å². The van der Waals surface area contributed by atoms with E-state index < -0.39 is 17.7 Å². The third-order valence-corrected chi connectivity index (χ3v) is 12.5. The van der Waals surface area contributed by atoms with Crippen LogP contribution < -0.4 is 0 Å². The second-order valence-electron chi connectivity index (χ2n) is 15.9. The van der Waals surface area contributed by atoms with Gasteiger partial charge in [0.2, 0.25) is 0 Å². The fraction of sp³-hybridized carbons (Fsp3) is 0.373. The maximum Gasteiger partial charge on any atom is 0.409 e. The molecule has 1 atom stereocenters. The molecule has 2 aliphatic carbocycles. The summed E-state index contributed by atoms with van der Waals surface area (Å²) in [7, 11) is 1.66. The van der Waals surface area contributed by atoms with E-state index >= 15 is 0 Å². The monoisotopic (exact) mass is 781 g/mol. The highest BCUT2D eigenvalue weighted by atomic mass is 35.5. The molecule has 2 aliphatic rings. The standard InChI is InChI=1S/C51H56ClNO4/c1-53(50(55)56-37-46-44-27-17-15-25-42(44)43-26-16-18-28-45(43)46)36-35-49(54)57-51(40-23-13-10-14-24-40,47-29-19-20-30-48(47)52)41-33-31-39(32-34-41)38-21-11-8-6-4-2-3-5-7-9-12-22-38/h10,13-20,23-34,38,46H,2-9,11-12,21-22,35-37H2,1H3. The van der Waals surface area contributed by atoms with E-state index in [0.29, 0.717) is 16.5 Å². The molecule has 0 spiro atoms. The number of rotatable bonds is 10. The number of hydrogen-bond acceptors (Lipinski definition) is 4. The van der Waals surface area contributed by atoms with Crippen molar-refractivity contribution in [2.45, 2.75) is 101 Å². The van der Waals surface area contributed by atoms with Crippen molar-refractivity contribution in [3.05, 3.63) is 166 Å². The molecule has 5 aromatic carbocycles. The van der Waals surface area contributed by atoms with Crippen molar-refractivity contribution in [3.63, 3.8) is 0 Å². The summed E-state index contributed by atoms with van der Waals surface area (Å²) in [4.78, 5) is 28.9. The number of nitrogens with zero attached hydrogens (tertiary/aromatic N) is 1. The Morgan fingerprint density at radius 3 is 1.74 bits per heavy atom. The van der Waals surface area contributed by atoms with Gasteiger partial charge in [-0.25, -0.2) is 4.79 Å². The van der Waals surface area contributed by atoms with Crippen molar-refractivity contribution < 1.29 is 19.1 Å². The van der Waals surface area contributed by atoms with Gasteiger partial charge in [-0.2, -0.15) is 0 Å². The largest absolute Gasteiger partial charge is 0.448 e. The van der Waals surface area contributed by atoms with Crippen LogP contribution in [0.1, 0.15) is 129 Å². The maximum atomic E-state index is 14.1. The summed E-state index contributed by atoms with van der Waals surface area (Å²) in [6, 6.07) is 42.7. The van der Waals surface area contributed by atoms with Crippen LogP contribution in [-0.2, 0) is 19.9 Å². The Kier molecular flexibility index (Phi) is 13.8. The van der Waals surface area contributed by atoms with Crippen molar-refractivity contribution >= 4 is 23.7 Å². The number of hydrogen-bond donors (Lipinski definition) is 0. The summed E-state index contributed by atoms with van der Waals surface area (Å²) in [5.41, 5.74) is 6.98. The van der Waals surface area contributed by atoms with Crippen molar-refractivity contribution in [2.75, 3.05) is 20.2 Å². The molecule has 5 aromatic rings. The second kappa shape index (κ2) is 19.5. The summed E-state index contributed by atoms with van der Waals surface area (Å²) in [5.74, 6) is 0.00619. The van der Waals surface area contributed by atoms with Gasteiger partial charge in [0.05, 0.1) is 6.42 Å². The lowest BCUT2D eigenvalue weighted by molar-refractivity contribution is -0.153. The molecule has 296 valence electrons. The van der Waals surface area contributed by atoms with Gasteiger partial charge in [-0.15, -0.1) is 0 Å². The van der Waals surface area contributed by atoms with Crippen LogP contribution in [0.2, 0.25) is 5.02 Å². The number of fused-ring (bicyclic) bond motifs is 3. The molecular formula is C51H56ClNO4. The van der Waals surface area contributed by atoms with Crippen LogP contribution in [0.15, 0.2) is 127 Å². The molecule has 6 heteroatoms. The van der Waals surface area contributed by atoms with Crippen LogP contribution in [0.5, 0.6) is 0 Å². The highest BCUT2D eigenvalue weighted by Gasteiger charge is 2.42. The van der Waals surface area contributed by atoms with Crippen LogP contribution >= 0.6 is 11.6 Å². The van der Waals surface area contributed by atoms with Gasteiger partial charge in [0.15, 0.2) is 5.60 Å². The predicted molar refractivity (Wildman–Crippen MR) is 231 cm³/mol. The van der Waals surface area contributed by atoms with Crippen LogP contribution in [-0.4, -0.2) is 37.2 Å². The lowest BCUT2D eigenvalue weighted by Crippen LogP contribution is -2.37. The van der Waals surface area contributed by atoms with Crippen molar-refractivity contribution in [3.8, 4) is 11.1 Å². The van der Waals surface area contributed by atoms with E-state index in [4.69, 9.17) is 21.1 Å². The van der Waals surface area contributed by atoms with Crippen LogP contribution in [0.4, 0.5) is 4.79 Å². The number of carbonyl (C=O) groups is 2. The van der Waals surface area contributed by atoms with Crippen molar-refractivity contribution in [1.82, 2.24) is 4.90 Å². The lowest BCUT2D eigenvalue weighted by atomic mass is 9.78. The number of halogens is 1. The van der Waals surface area contributed by atoms with Crippen LogP contribution in [0, 0.1) is 0 Å². The third-order valence-electron chi connectivity index (χ3n) is 12.1. The molecule has 0 aliphatic heterocycles. The van der Waals surface area contributed by atoms with Gasteiger partial charge < -0.3 is 14.4 Å². The van der Waals surface area contributed by atoms with Gasteiger partial charge in [-0.1, -0.05) is 197 Å². The average Bonchev–Trinajstić information content (AvgIpc) is 3.58. The number of carbonyl (C=O) groups excluding carboxylic acids is 2. The third kappa shape index (κ3) is 9.47. The van der Waals surface area contributed by atoms with E-state index in [1.165, 1.54) is 98.6 Å². The molecule has 0 bridgehead atoms. The molecule has 57 heavy (non-hydrogen) atoms. The fourth-order valence-corrected chi connectivity index (χ4v) is 9.28. The number of amides is 1. The Morgan fingerprint density at radius 2 is 1.14 bits per heavy atom. The zero-order valence-electron chi connectivity index (χ0n) is 33.3. The fourth-order valence-electron chi connectivity index (χ4n) is 9.01. The van der Waals surface area contributed by atoms with Crippen LogP contribution in [0.25, 0.3) is 11.1 Å². The Morgan fingerprint density at radius 1 is 0.632 bits per heavy atom. The number of esters is 1.